The molecule has 0 saturated carbocycles. The van der Waals surface area contributed by atoms with Crippen molar-refractivity contribution in [3.8, 4) is 11.5 Å². The van der Waals surface area contributed by atoms with Crippen molar-refractivity contribution < 1.29 is 28.6 Å². The SMILES string of the molecule is CCCCOC(=O)c1ccc(N2C(=O)C(Cl)=C(Nc3ccc(OC)cc3OC)C2=O)cc1. The highest BCUT2D eigenvalue weighted by Gasteiger charge is 2.39. The van der Waals surface area contributed by atoms with Gasteiger partial charge < -0.3 is 19.5 Å². The van der Waals surface area contributed by atoms with E-state index in [-0.39, 0.29) is 16.4 Å². The fraction of sp³-hybridized carbons (Fsp3) is 0.261. The standard InChI is InChI=1S/C23H23ClN2O6/c1-4-5-12-32-23(29)14-6-8-15(9-7-14)26-21(27)19(24)20(22(26)28)25-17-11-10-16(30-2)13-18(17)31-3/h6-11,13,25H,4-5,12H2,1-3H3. The number of carbonyl (C=O) groups is 3. The van der Waals surface area contributed by atoms with Crippen LogP contribution in [-0.4, -0.2) is 38.6 Å². The molecule has 32 heavy (non-hydrogen) atoms. The van der Waals surface area contributed by atoms with Crippen LogP contribution < -0.4 is 19.7 Å². The molecule has 1 heterocycles. The number of esters is 1. The number of ether oxygens (including phenoxy) is 3. The lowest BCUT2D eigenvalue weighted by Crippen LogP contribution is -2.32. The van der Waals surface area contributed by atoms with Crippen LogP contribution in [0.4, 0.5) is 11.4 Å². The normalized spacial score (nSPS) is 13.4. The molecule has 1 aliphatic heterocycles. The minimum absolute atomic E-state index is 0.0804. The van der Waals surface area contributed by atoms with Crippen LogP contribution >= 0.6 is 11.6 Å². The molecule has 0 atom stereocenters. The smallest absolute Gasteiger partial charge is 0.338 e. The van der Waals surface area contributed by atoms with Crippen LogP contribution in [0.3, 0.4) is 0 Å². The molecule has 0 saturated heterocycles. The van der Waals surface area contributed by atoms with Crippen molar-refractivity contribution >= 4 is 40.8 Å². The van der Waals surface area contributed by atoms with Crippen LogP contribution in [-0.2, 0) is 14.3 Å². The molecular weight excluding hydrogens is 436 g/mol. The van der Waals surface area contributed by atoms with E-state index < -0.39 is 17.8 Å². The number of unbranched alkanes of at least 4 members (excludes halogenated alkanes) is 1. The second kappa shape index (κ2) is 10.2. The van der Waals surface area contributed by atoms with E-state index in [0.29, 0.717) is 29.4 Å². The third-order valence-corrected chi connectivity index (χ3v) is 5.14. The molecule has 0 bridgehead atoms. The fourth-order valence-electron chi connectivity index (χ4n) is 3.02. The first kappa shape index (κ1) is 23.1. The van der Waals surface area contributed by atoms with Gasteiger partial charge in [0.15, 0.2) is 0 Å². The Hall–Kier alpha value is -3.52. The lowest BCUT2D eigenvalue weighted by Gasteiger charge is -2.16. The van der Waals surface area contributed by atoms with E-state index in [9.17, 15) is 14.4 Å². The molecule has 0 radical (unpaired) electrons. The van der Waals surface area contributed by atoms with Gasteiger partial charge in [-0.05, 0) is 42.8 Å². The summed E-state index contributed by atoms with van der Waals surface area (Å²) in [6, 6.07) is 10.9. The van der Waals surface area contributed by atoms with Crippen molar-refractivity contribution in [2.45, 2.75) is 19.8 Å². The van der Waals surface area contributed by atoms with Gasteiger partial charge in [0.25, 0.3) is 11.8 Å². The third kappa shape index (κ3) is 4.70. The number of amides is 2. The van der Waals surface area contributed by atoms with Gasteiger partial charge in [0.05, 0.1) is 37.8 Å². The first-order chi connectivity index (χ1) is 15.4. The first-order valence-corrected chi connectivity index (χ1v) is 10.3. The first-order valence-electron chi connectivity index (χ1n) is 9.96. The summed E-state index contributed by atoms with van der Waals surface area (Å²) in [5.41, 5.74) is 0.962. The van der Waals surface area contributed by atoms with Gasteiger partial charge in [0.1, 0.15) is 22.2 Å². The van der Waals surface area contributed by atoms with E-state index >= 15 is 0 Å². The van der Waals surface area contributed by atoms with Gasteiger partial charge >= 0.3 is 5.97 Å². The van der Waals surface area contributed by atoms with Crippen molar-refractivity contribution in [1.29, 1.82) is 0 Å². The van der Waals surface area contributed by atoms with E-state index in [0.717, 1.165) is 17.7 Å². The summed E-state index contributed by atoms with van der Waals surface area (Å²) in [4.78, 5) is 38.7. The van der Waals surface area contributed by atoms with Gasteiger partial charge in [0, 0.05) is 6.07 Å². The largest absolute Gasteiger partial charge is 0.497 e. The number of hydrogen-bond acceptors (Lipinski definition) is 7. The minimum atomic E-state index is -0.676. The predicted molar refractivity (Wildman–Crippen MR) is 120 cm³/mol. The van der Waals surface area contributed by atoms with Crippen molar-refractivity contribution in [2.24, 2.45) is 0 Å². The summed E-state index contributed by atoms with van der Waals surface area (Å²) in [7, 11) is 2.99. The molecule has 2 aromatic rings. The van der Waals surface area contributed by atoms with Crippen LogP contribution in [0.25, 0.3) is 0 Å². The molecule has 2 amide bonds. The van der Waals surface area contributed by atoms with E-state index in [1.54, 1.807) is 18.2 Å². The van der Waals surface area contributed by atoms with E-state index in [1.807, 2.05) is 6.92 Å². The molecule has 0 unspecified atom stereocenters. The van der Waals surface area contributed by atoms with Gasteiger partial charge in [-0.15, -0.1) is 0 Å². The number of rotatable bonds is 9. The molecule has 168 valence electrons. The third-order valence-electron chi connectivity index (χ3n) is 4.79. The Labute approximate surface area is 190 Å². The number of nitrogens with zero attached hydrogens (tertiary/aromatic N) is 1. The van der Waals surface area contributed by atoms with Crippen LogP contribution in [0.2, 0.25) is 0 Å². The fourth-order valence-corrected chi connectivity index (χ4v) is 3.23. The number of methoxy groups -OCH3 is 2. The van der Waals surface area contributed by atoms with Gasteiger partial charge in [-0.2, -0.15) is 0 Å². The van der Waals surface area contributed by atoms with Gasteiger partial charge in [-0.25, -0.2) is 9.69 Å². The van der Waals surface area contributed by atoms with E-state index in [2.05, 4.69) is 5.32 Å². The van der Waals surface area contributed by atoms with E-state index in [1.165, 1.54) is 38.5 Å². The highest BCUT2D eigenvalue weighted by molar-refractivity contribution is 6.53. The number of hydrogen-bond donors (Lipinski definition) is 1. The summed E-state index contributed by atoms with van der Waals surface area (Å²) in [6.07, 6.45) is 1.69. The minimum Gasteiger partial charge on any atom is -0.497 e. The molecule has 0 aliphatic carbocycles. The zero-order valence-electron chi connectivity index (χ0n) is 17.9. The lowest BCUT2D eigenvalue weighted by molar-refractivity contribution is -0.120. The zero-order valence-corrected chi connectivity index (χ0v) is 18.7. The second-order valence-corrected chi connectivity index (χ2v) is 7.24. The van der Waals surface area contributed by atoms with Crippen LogP contribution in [0.15, 0.2) is 53.2 Å². The van der Waals surface area contributed by atoms with Crippen LogP contribution in [0, 0.1) is 0 Å². The predicted octanol–water partition coefficient (Wildman–Crippen LogP) is 4.10. The van der Waals surface area contributed by atoms with Crippen LogP contribution in [0.1, 0.15) is 30.1 Å². The summed E-state index contributed by atoms with van der Waals surface area (Å²) >= 11 is 6.19. The quantitative estimate of drug-likeness (QED) is 0.343. The van der Waals surface area contributed by atoms with Gasteiger partial charge in [0.2, 0.25) is 0 Å². The Morgan fingerprint density at radius 2 is 1.75 bits per heavy atom. The molecule has 1 aliphatic rings. The topological polar surface area (TPSA) is 94.2 Å². The molecule has 0 spiro atoms. The zero-order chi connectivity index (χ0) is 23.3. The molecule has 8 nitrogen and oxygen atoms in total. The average Bonchev–Trinajstić information content (AvgIpc) is 3.02. The number of imide groups is 1. The second-order valence-electron chi connectivity index (χ2n) is 6.86. The Morgan fingerprint density at radius 1 is 1.03 bits per heavy atom. The highest BCUT2D eigenvalue weighted by atomic mass is 35.5. The number of benzene rings is 2. The monoisotopic (exact) mass is 458 g/mol. The maximum atomic E-state index is 13.0. The number of nitrogens with one attached hydrogen (secondary N) is 1. The summed E-state index contributed by atoms with van der Waals surface area (Å²) in [5, 5.41) is 2.63. The Kier molecular flexibility index (Phi) is 7.37. The Balaban J connectivity index is 1.79. The average molecular weight is 459 g/mol. The maximum Gasteiger partial charge on any atom is 0.338 e. The molecular formula is C23H23ClN2O6. The number of carbonyl (C=O) groups excluding carboxylic acids is 3. The molecule has 0 aromatic heterocycles. The number of halogens is 1. The van der Waals surface area contributed by atoms with Crippen molar-refractivity contribution in [3.63, 3.8) is 0 Å². The summed E-state index contributed by atoms with van der Waals surface area (Å²) in [6.45, 7) is 2.34. The van der Waals surface area contributed by atoms with Crippen molar-refractivity contribution in [1.82, 2.24) is 0 Å². The molecule has 1 N–H and O–H groups in total. The molecule has 0 fully saturated rings. The summed E-state index contributed by atoms with van der Waals surface area (Å²) in [5.74, 6) is -0.794. The summed E-state index contributed by atoms with van der Waals surface area (Å²) < 4.78 is 15.6. The Bertz CT molecular complexity index is 1060. The number of anilines is 2. The van der Waals surface area contributed by atoms with Gasteiger partial charge in [-0.1, -0.05) is 24.9 Å². The lowest BCUT2D eigenvalue weighted by atomic mass is 10.2. The van der Waals surface area contributed by atoms with Crippen molar-refractivity contribution in [2.75, 3.05) is 31.0 Å². The highest BCUT2D eigenvalue weighted by Crippen LogP contribution is 2.34. The van der Waals surface area contributed by atoms with E-state index in [4.69, 9.17) is 25.8 Å². The van der Waals surface area contributed by atoms with Crippen molar-refractivity contribution in [3.05, 3.63) is 58.8 Å². The molecule has 9 heteroatoms. The maximum absolute atomic E-state index is 13.0. The molecule has 3 rings (SSSR count). The van der Waals surface area contributed by atoms with Gasteiger partial charge in [-0.3, -0.25) is 9.59 Å². The Morgan fingerprint density at radius 3 is 2.38 bits per heavy atom. The van der Waals surface area contributed by atoms with Crippen LogP contribution in [0.5, 0.6) is 11.5 Å². The molecule has 2 aromatic carbocycles.